The summed E-state index contributed by atoms with van der Waals surface area (Å²) in [5, 5.41) is 0. The molecule has 20 heavy (non-hydrogen) atoms. The van der Waals surface area contributed by atoms with Crippen molar-refractivity contribution in [1.82, 2.24) is 4.31 Å². The maximum atomic E-state index is 12.4. The van der Waals surface area contributed by atoms with Crippen molar-refractivity contribution in [2.45, 2.75) is 12.8 Å². The van der Waals surface area contributed by atoms with Crippen LogP contribution in [0.5, 0.6) is 0 Å². The molecule has 1 aromatic carbocycles. The summed E-state index contributed by atoms with van der Waals surface area (Å²) in [6.07, 6.45) is 1.84. The highest BCUT2D eigenvalue weighted by Crippen LogP contribution is 2.28. The Bertz CT molecular complexity index is 580. The Hall–Kier alpha value is -0.150. The fourth-order valence-corrected chi connectivity index (χ4v) is 4.41. The average molecular weight is 427 g/mol. The van der Waals surface area contributed by atoms with Gasteiger partial charge in [-0.05, 0) is 59.4 Å². The first-order valence-corrected chi connectivity index (χ1v) is 9.38. The lowest BCUT2D eigenvalue weighted by atomic mass is 10.0. The molecule has 0 aliphatic carbocycles. The Labute approximate surface area is 136 Å². The van der Waals surface area contributed by atoms with Crippen LogP contribution in [0, 0.1) is 5.92 Å². The molecule has 0 radical (unpaired) electrons. The molecule has 0 amide bonds. The Morgan fingerprint density at radius 1 is 1.40 bits per heavy atom. The van der Waals surface area contributed by atoms with Gasteiger partial charge in [-0.3, -0.25) is 4.72 Å². The lowest BCUT2D eigenvalue weighted by Crippen LogP contribution is -2.44. The lowest BCUT2D eigenvalue weighted by Gasteiger charge is -2.31. The van der Waals surface area contributed by atoms with Crippen molar-refractivity contribution in [1.29, 1.82) is 0 Å². The van der Waals surface area contributed by atoms with Gasteiger partial charge >= 0.3 is 10.2 Å². The van der Waals surface area contributed by atoms with E-state index < -0.39 is 10.2 Å². The van der Waals surface area contributed by atoms with Crippen LogP contribution in [0.1, 0.15) is 12.8 Å². The van der Waals surface area contributed by atoms with Gasteiger partial charge < -0.3 is 5.73 Å². The van der Waals surface area contributed by atoms with Crippen LogP contribution < -0.4 is 10.5 Å². The van der Waals surface area contributed by atoms with Gasteiger partial charge in [0.05, 0.1) is 5.69 Å². The van der Waals surface area contributed by atoms with E-state index in [2.05, 4.69) is 36.6 Å². The molecule has 1 unspecified atom stereocenters. The summed E-state index contributed by atoms with van der Waals surface area (Å²) >= 11 is 6.68. The molecule has 1 atom stereocenters. The van der Waals surface area contributed by atoms with Gasteiger partial charge in [-0.15, -0.1) is 0 Å². The molecule has 1 heterocycles. The predicted molar refractivity (Wildman–Crippen MR) is 87.7 cm³/mol. The molecule has 2 rings (SSSR count). The van der Waals surface area contributed by atoms with Crippen molar-refractivity contribution in [2.24, 2.45) is 11.7 Å². The SMILES string of the molecule is NCC1CCCN(S(=O)(=O)Nc2cc(Br)ccc2Br)C1. The minimum Gasteiger partial charge on any atom is -0.330 e. The smallest absolute Gasteiger partial charge is 0.301 e. The fourth-order valence-electron chi connectivity index (χ4n) is 2.22. The highest BCUT2D eigenvalue weighted by molar-refractivity contribution is 9.11. The van der Waals surface area contributed by atoms with Gasteiger partial charge in [0.15, 0.2) is 0 Å². The molecule has 1 aromatic rings. The summed E-state index contributed by atoms with van der Waals surface area (Å²) in [4.78, 5) is 0. The van der Waals surface area contributed by atoms with Gasteiger partial charge in [0.1, 0.15) is 0 Å². The van der Waals surface area contributed by atoms with Gasteiger partial charge in [-0.1, -0.05) is 15.9 Å². The number of rotatable bonds is 4. The standard InChI is InChI=1S/C12H17Br2N3O2S/c13-10-3-4-11(14)12(6-10)16-20(18,19)17-5-1-2-9(7-15)8-17/h3-4,6,9,16H,1-2,5,7-8,15H2. The van der Waals surface area contributed by atoms with E-state index >= 15 is 0 Å². The Balaban J connectivity index is 2.16. The number of nitrogens with two attached hydrogens (primary N) is 1. The minimum atomic E-state index is -3.54. The number of benzene rings is 1. The van der Waals surface area contributed by atoms with Gasteiger partial charge in [0.2, 0.25) is 0 Å². The van der Waals surface area contributed by atoms with E-state index in [1.807, 2.05) is 6.07 Å². The highest BCUT2D eigenvalue weighted by atomic mass is 79.9. The summed E-state index contributed by atoms with van der Waals surface area (Å²) in [6.45, 7) is 1.54. The number of hydrogen-bond donors (Lipinski definition) is 2. The molecular formula is C12H17Br2N3O2S. The zero-order chi connectivity index (χ0) is 14.8. The first-order chi connectivity index (χ1) is 9.42. The molecule has 8 heteroatoms. The van der Waals surface area contributed by atoms with E-state index in [1.54, 1.807) is 12.1 Å². The quantitative estimate of drug-likeness (QED) is 0.776. The summed E-state index contributed by atoms with van der Waals surface area (Å²) in [6, 6.07) is 5.36. The summed E-state index contributed by atoms with van der Waals surface area (Å²) in [5.41, 5.74) is 6.17. The molecule has 0 aromatic heterocycles. The van der Waals surface area contributed by atoms with Crippen LogP contribution in [0.15, 0.2) is 27.1 Å². The second-order valence-corrected chi connectivity index (χ2v) is 8.27. The average Bonchev–Trinajstić information content (AvgIpc) is 2.43. The van der Waals surface area contributed by atoms with Crippen LogP contribution in [-0.4, -0.2) is 32.4 Å². The van der Waals surface area contributed by atoms with Crippen LogP contribution in [-0.2, 0) is 10.2 Å². The first-order valence-electron chi connectivity index (χ1n) is 6.35. The van der Waals surface area contributed by atoms with Crippen molar-refractivity contribution in [2.75, 3.05) is 24.4 Å². The third-order valence-electron chi connectivity index (χ3n) is 3.32. The molecule has 5 nitrogen and oxygen atoms in total. The summed E-state index contributed by atoms with van der Waals surface area (Å²) < 4.78 is 30.5. The van der Waals surface area contributed by atoms with E-state index in [0.717, 1.165) is 17.3 Å². The Morgan fingerprint density at radius 2 is 2.15 bits per heavy atom. The van der Waals surface area contributed by atoms with E-state index in [0.29, 0.717) is 29.8 Å². The number of piperidine rings is 1. The minimum absolute atomic E-state index is 0.242. The van der Waals surface area contributed by atoms with Crippen molar-refractivity contribution >= 4 is 47.8 Å². The molecular weight excluding hydrogens is 410 g/mol. The second kappa shape index (κ2) is 6.74. The molecule has 0 saturated carbocycles. The van der Waals surface area contributed by atoms with E-state index in [9.17, 15) is 8.42 Å². The van der Waals surface area contributed by atoms with E-state index in [1.165, 1.54) is 4.31 Å². The van der Waals surface area contributed by atoms with Crippen molar-refractivity contribution in [3.05, 3.63) is 27.1 Å². The number of anilines is 1. The number of hydrogen-bond acceptors (Lipinski definition) is 3. The van der Waals surface area contributed by atoms with Gasteiger partial charge in [0.25, 0.3) is 0 Å². The van der Waals surface area contributed by atoms with Crippen LogP contribution in [0.25, 0.3) is 0 Å². The normalized spacial score (nSPS) is 20.9. The van der Waals surface area contributed by atoms with Crippen LogP contribution >= 0.6 is 31.9 Å². The molecule has 3 N–H and O–H groups in total. The topological polar surface area (TPSA) is 75.4 Å². The Morgan fingerprint density at radius 3 is 2.85 bits per heavy atom. The molecule has 1 aliphatic heterocycles. The number of nitrogens with zero attached hydrogens (tertiary/aromatic N) is 1. The van der Waals surface area contributed by atoms with Crippen LogP contribution in [0.2, 0.25) is 0 Å². The fraction of sp³-hybridized carbons (Fsp3) is 0.500. The Kier molecular flexibility index (Phi) is 5.47. The molecule has 112 valence electrons. The number of nitrogens with one attached hydrogen (secondary N) is 1. The first kappa shape index (κ1) is 16.2. The monoisotopic (exact) mass is 425 g/mol. The summed E-state index contributed by atoms with van der Waals surface area (Å²) in [7, 11) is -3.54. The van der Waals surface area contributed by atoms with Gasteiger partial charge in [-0.25, -0.2) is 0 Å². The van der Waals surface area contributed by atoms with Crippen LogP contribution in [0.4, 0.5) is 5.69 Å². The zero-order valence-corrected chi connectivity index (χ0v) is 14.8. The third-order valence-corrected chi connectivity index (χ3v) is 6.00. The maximum absolute atomic E-state index is 12.4. The van der Waals surface area contributed by atoms with Crippen molar-refractivity contribution < 1.29 is 8.42 Å². The van der Waals surface area contributed by atoms with Crippen molar-refractivity contribution in [3.8, 4) is 0 Å². The molecule has 0 bridgehead atoms. The van der Waals surface area contributed by atoms with Crippen LogP contribution in [0.3, 0.4) is 0 Å². The zero-order valence-electron chi connectivity index (χ0n) is 10.9. The van der Waals surface area contributed by atoms with E-state index in [-0.39, 0.29) is 5.92 Å². The van der Waals surface area contributed by atoms with Crippen molar-refractivity contribution in [3.63, 3.8) is 0 Å². The van der Waals surface area contributed by atoms with Gasteiger partial charge in [-0.2, -0.15) is 12.7 Å². The maximum Gasteiger partial charge on any atom is 0.301 e. The second-order valence-electron chi connectivity index (χ2n) is 4.83. The highest BCUT2D eigenvalue weighted by Gasteiger charge is 2.28. The molecule has 1 saturated heterocycles. The lowest BCUT2D eigenvalue weighted by molar-refractivity contribution is 0.273. The predicted octanol–water partition coefficient (Wildman–Crippen LogP) is 2.54. The largest absolute Gasteiger partial charge is 0.330 e. The summed E-state index contributed by atoms with van der Waals surface area (Å²) in [5.74, 6) is 0.242. The number of halogens is 2. The third kappa shape index (κ3) is 3.94. The van der Waals surface area contributed by atoms with Gasteiger partial charge in [0, 0.05) is 22.0 Å². The van der Waals surface area contributed by atoms with E-state index in [4.69, 9.17) is 5.73 Å². The molecule has 1 fully saturated rings. The molecule has 0 spiro atoms. The molecule has 1 aliphatic rings.